The Bertz CT molecular complexity index is 342. The maximum Gasteiger partial charge on any atom is 0.422 e. The molecule has 0 bridgehead atoms. The maximum atomic E-state index is 12.2. The van der Waals surface area contributed by atoms with Crippen LogP contribution in [0.2, 0.25) is 0 Å². The molecule has 1 atom stereocenters. The molecule has 116 valence electrons. The molecule has 0 aliphatic carbocycles. The number of halogens is 3. The van der Waals surface area contributed by atoms with Crippen LogP contribution in [0, 0.1) is 0 Å². The molecule has 7 heteroatoms. The van der Waals surface area contributed by atoms with E-state index in [0.717, 1.165) is 0 Å². The summed E-state index contributed by atoms with van der Waals surface area (Å²) in [6.07, 6.45) is 0.0106. The molecule has 0 amide bonds. The van der Waals surface area contributed by atoms with Crippen molar-refractivity contribution in [2.75, 3.05) is 27.2 Å². The Labute approximate surface area is 118 Å². The van der Waals surface area contributed by atoms with Crippen molar-refractivity contribution in [3.63, 3.8) is 0 Å². The predicted molar refractivity (Wildman–Crippen MR) is 73.5 cm³/mol. The minimum atomic E-state index is -4.37. The summed E-state index contributed by atoms with van der Waals surface area (Å²) < 4.78 is 41.4. The van der Waals surface area contributed by atoms with Crippen molar-refractivity contribution < 1.29 is 17.9 Å². The van der Waals surface area contributed by atoms with Crippen molar-refractivity contribution in [2.24, 2.45) is 0 Å². The average molecular weight is 293 g/mol. The third kappa shape index (κ3) is 7.73. The summed E-state index contributed by atoms with van der Waals surface area (Å²) in [5.41, 5.74) is 3.03. The molecule has 4 nitrogen and oxygen atoms in total. The fourth-order valence-corrected chi connectivity index (χ4v) is 1.22. The lowest BCUT2D eigenvalue weighted by Gasteiger charge is -2.30. The quantitative estimate of drug-likeness (QED) is 0.401. The molecule has 0 heterocycles. The molecule has 0 aliphatic rings. The molecule has 0 aromatic rings. The minimum absolute atomic E-state index is 0.0863. The van der Waals surface area contributed by atoms with Gasteiger partial charge in [-0.1, -0.05) is 19.2 Å². The van der Waals surface area contributed by atoms with Crippen molar-refractivity contribution >= 4 is 0 Å². The van der Waals surface area contributed by atoms with E-state index < -0.39 is 12.8 Å². The van der Waals surface area contributed by atoms with Crippen LogP contribution in [0.15, 0.2) is 37.4 Å². The van der Waals surface area contributed by atoms with Gasteiger partial charge in [-0.3, -0.25) is 0 Å². The second-order valence-corrected chi connectivity index (χ2v) is 4.26. The Morgan fingerprint density at radius 1 is 1.35 bits per heavy atom. The number of likely N-dealkylation sites (N-methyl/N-ethyl adjacent to an activating group) is 1. The second-order valence-electron chi connectivity index (χ2n) is 4.26. The van der Waals surface area contributed by atoms with E-state index in [1.165, 1.54) is 12.2 Å². The second kappa shape index (κ2) is 8.52. The number of hydrogen-bond acceptors (Lipinski definition) is 4. The van der Waals surface area contributed by atoms with Crippen LogP contribution in [-0.4, -0.2) is 49.4 Å². The molecule has 0 rings (SSSR count). The molecule has 1 unspecified atom stereocenters. The van der Waals surface area contributed by atoms with E-state index in [-0.39, 0.29) is 11.9 Å². The number of rotatable bonds is 9. The van der Waals surface area contributed by atoms with Gasteiger partial charge in [0.25, 0.3) is 0 Å². The van der Waals surface area contributed by atoms with Crippen molar-refractivity contribution in [3.05, 3.63) is 37.4 Å². The highest BCUT2D eigenvalue weighted by atomic mass is 19.4. The van der Waals surface area contributed by atoms with Crippen LogP contribution in [0.25, 0.3) is 0 Å². The lowest BCUT2D eigenvalue weighted by atomic mass is 10.3. The van der Waals surface area contributed by atoms with Crippen LogP contribution < -0.4 is 5.43 Å². The van der Waals surface area contributed by atoms with Gasteiger partial charge in [0.05, 0.1) is 0 Å². The van der Waals surface area contributed by atoms with Gasteiger partial charge in [-0.05, 0) is 13.0 Å². The number of nitrogens with zero attached hydrogens (tertiary/aromatic N) is 2. The Balaban J connectivity index is 4.55. The summed E-state index contributed by atoms with van der Waals surface area (Å²) in [4.78, 5) is 1.61. The number of hydrazine groups is 1. The van der Waals surface area contributed by atoms with Gasteiger partial charge in [-0.15, -0.1) is 0 Å². The first-order chi connectivity index (χ1) is 9.21. The number of hydrogen-bond donors (Lipinski definition) is 1. The van der Waals surface area contributed by atoms with E-state index in [1.807, 2.05) is 6.92 Å². The van der Waals surface area contributed by atoms with Gasteiger partial charge in [-0.2, -0.15) is 13.2 Å². The highest BCUT2D eigenvalue weighted by molar-refractivity contribution is 5.04. The molecule has 0 aliphatic heterocycles. The van der Waals surface area contributed by atoms with Crippen molar-refractivity contribution in [2.45, 2.75) is 19.1 Å². The zero-order valence-corrected chi connectivity index (χ0v) is 12.1. The first kappa shape index (κ1) is 18.4. The van der Waals surface area contributed by atoms with Gasteiger partial charge in [0.2, 0.25) is 0 Å². The van der Waals surface area contributed by atoms with Crippen LogP contribution >= 0.6 is 0 Å². The molecule has 1 N–H and O–H groups in total. The summed E-state index contributed by atoms with van der Waals surface area (Å²) in [5.74, 6) is 0.118. The zero-order valence-electron chi connectivity index (χ0n) is 12.1. The van der Waals surface area contributed by atoms with E-state index >= 15 is 0 Å². The van der Waals surface area contributed by atoms with Crippen LogP contribution in [-0.2, 0) is 4.74 Å². The van der Waals surface area contributed by atoms with E-state index in [9.17, 15) is 13.2 Å². The summed E-state index contributed by atoms with van der Waals surface area (Å²) in [5, 5.41) is 1.66. The molecule has 0 saturated heterocycles. The topological polar surface area (TPSA) is 27.7 Å². The highest BCUT2D eigenvalue weighted by Crippen LogP contribution is 2.18. The smallest absolute Gasteiger partial charge is 0.422 e. The largest absolute Gasteiger partial charge is 0.469 e. The molecule has 0 spiro atoms. The SMILES string of the molecule is C=C/C=C(/OCC(F)(F)F)N(C)C(C)CNN(C)C=C. The number of allylic oxidation sites excluding steroid dienone is 2. The lowest BCUT2D eigenvalue weighted by molar-refractivity contribution is -0.170. The molecule has 0 aromatic carbocycles. The number of alkyl halides is 3. The summed E-state index contributed by atoms with van der Waals surface area (Å²) >= 11 is 0. The van der Waals surface area contributed by atoms with Crippen LogP contribution in [0.3, 0.4) is 0 Å². The van der Waals surface area contributed by atoms with Gasteiger partial charge < -0.3 is 14.6 Å². The minimum Gasteiger partial charge on any atom is -0.469 e. The molecule has 0 fully saturated rings. The van der Waals surface area contributed by atoms with E-state index in [2.05, 4.69) is 18.6 Å². The Morgan fingerprint density at radius 2 is 1.95 bits per heavy atom. The van der Waals surface area contributed by atoms with Crippen molar-refractivity contribution in [3.8, 4) is 0 Å². The monoisotopic (exact) mass is 293 g/mol. The third-order valence-electron chi connectivity index (χ3n) is 2.56. The predicted octanol–water partition coefficient (Wildman–Crippen LogP) is 2.49. The fraction of sp³-hybridized carbons (Fsp3) is 0.538. The maximum absolute atomic E-state index is 12.2. The van der Waals surface area contributed by atoms with E-state index in [0.29, 0.717) is 6.54 Å². The molecule has 0 saturated carbocycles. The van der Waals surface area contributed by atoms with Crippen molar-refractivity contribution in [1.29, 1.82) is 0 Å². The third-order valence-corrected chi connectivity index (χ3v) is 2.56. The molecule has 20 heavy (non-hydrogen) atoms. The van der Waals surface area contributed by atoms with Gasteiger partial charge >= 0.3 is 6.18 Å². The summed E-state index contributed by atoms with van der Waals surface area (Å²) in [6.45, 7) is 8.10. The Kier molecular flexibility index (Phi) is 7.83. The Morgan fingerprint density at radius 3 is 2.40 bits per heavy atom. The van der Waals surface area contributed by atoms with Gasteiger partial charge in [-0.25, -0.2) is 5.43 Å². The van der Waals surface area contributed by atoms with Gasteiger partial charge in [0.15, 0.2) is 12.5 Å². The summed E-state index contributed by atoms with van der Waals surface area (Å²) in [7, 11) is 3.44. The molecular weight excluding hydrogens is 271 g/mol. The molecular formula is C13H22F3N3O. The van der Waals surface area contributed by atoms with Crippen LogP contribution in [0.1, 0.15) is 6.92 Å². The standard InChI is InChI=1S/C13H22F3N3O/c1-6-8-12(20-10-13(14,15)16)19(5)11(3)9-17-18(4)7-2/h6-8,11,17H,1-2,9-10H2,3-5H3/b12-8+. The van der Waals surface area contributed by atoms with Gasteiger partial charge in [0.1, 0.15) is 0 Å². The molecule has 0 radical (unpaired) electrons. The number of nitrogens with one attached hydrogen (secondary N) is 1. The normalized spacial score (nSPS) is 13.6. The van der Waals surface area contributed by atoms with Crippen LogP contribution in [0.5, 0.6) is 0 Å². The first-order valence-corrected chi connectivity index (χ1v) is 6.05. The Hall–Kier alpha value is -1.63. The average Bonchev–Trinajstić information content (AvgIpc) is 2.38. The first-order valence-electron chi connectivity index (χ1n) is 6.05. The number of ether oxygens (including phenoxy) is 1. The summed E-state index contributed by atoms with van der Waals surface area (Å²) in [6, 6.07) is -0.0863. The zero-order chi connectivity index (χ0) is 15.8. The van der Waals surface area contributed by atoms with E-state index in [1.54, 1.807) is 30.2 Å². The van der Waals surface area contributed by atoms with Gasteiger partial charge in [0, 0.05) is 32.9 Å². The van der Waals surface area contributed by atoms with Crippen LogP contribution in [0.4, 0.5) is 13.2 Å². The molecule has 0 aromatic heterocycles. The fourth-order valence-electron chi connectivity index (χ4n) is 1.22. The lowest BCUT2D eigenvalue weighted by Crippen LogP contribution is -2.42. The van der Waals surface area contributed by atoms with Crippen molar-refractivity contribution in [1.82, 2.24) is 15.3 Å². The van der Waals surface area contributed by atoms with E-state index in [4.69, 9.17) is 4.74 Å². The highest BCUT2D eigenvalue weighted by Gasteiger charge is 2.29.